The van der Waals surface area contributed by atoms with Gasteiger partial charge in [-0.05, 0) is 26.8 Å². The van der Waals surface area contributed by atoms with Crippen molar-refractivity contribution in [1.82, 2.24) is 24.7 Å². The van der Waals surface area contributed by atoms with E-state index in [2.05, 4.69) is 20.1 Å². The summed E-state index contributed by atoms with van der Waals surface area (Å²) in [4.78, 5) is 6.89. The molecule has 1 N–H and O–H groups in total. The molecule has 2 atom stereocenters. The predicted molar refractivity (Wildman–Crippen MR) is 92.2 cm³/mol. The van der Waals surface area contributed by atoms with Gasteiger partial charge in [-0.1, -0.05) is 5.16 Å². The summed E-state index contributed by atoms with van der Waals surface area (Å²) in [6.45, 7) is 8.16. The highest BCUT2D eigenvalue weighted by Gasteiger charge is 2.32. The molecule has 0 amide bonds. The number of aliphatic hydroxyl groups is 1. The van der Waals surface area contributed by atoms with Crippen LogP contribution in [0.1, 0.15) is 28.4 Å². The molecular formula is C18H23N5O2. The highest BCUT2D eigenvalue weighted by molar-refractivity contribution is 5.47. The van der Waals surface area contributed by atoms with Crippen molar-refractivity contribution in [2.75, 3.05) is 13.1 Å². The first-order valence-electron chi connectivity index (χ1n) is 8.63. The molecular weight excluding hydrogens is 318 g/mol. The van der Waals surface area contributed by atoms with Gasteiger partial charge in [0, 0.05) is 55.0 Å². The highest BCUT2D eigenvalue weighted by atomic mass is 16.5. The van der Waals surface area contributed by atoms with E-state index >= 15 is 0 Å². The van der Waals surface area contributed by atoms with Crippen molar-refractivity contribution >= 4 is 5.65 Å². The van der Waals surface area contributed by atoms with Gasteiger partial charge >= 0.3 is 0 Å². The first kappa shape index (κ1) is 16.2. The van der Waals surface area contributed by atoms with E-state index < -0.39 is 0 Å². The number of fused-ring (bicyclic) bond motifs is 1. The summed E-state index contributed by atoms with van der Waals surface area (Å²) in [6, 6.07) is 3.97. The van der Waals surface area contributed by atoms with Gasteiger partial charge in [-0.3, -0.25) is 4.90 Å². The number of aryl methyl sites for hydroxylation is 3. The van der Waals surface area contributed by atoms with Crippen molar-refractivity contribution in [2.24, 2.45) is 5.92 Å². The first-order valence-corrected chi connectivity index (χ1v) is 8.63. The van der Waals surface area contributed by atoms with Crippen LogP contribution < -0.4 is 0 Å². The molecule has 0 bridgehead atoms. The maximum absolute atomic E-state index is 10.4. The quantitative estimate of drug-likeness (QED) is 0.778. The molecule has 0 spiro atoms. The lowest BCUT2D eigenvalue weighted by atomic mass is 10.0. The Balaban J connectivity index is 1.49. The zero-order valence-corrected chi connectivity index (χ0v) is 14.8. The third-order valence-corrected chi connectivity index (χ3v) is 4.87. The second kappa shape index (κ2) is 6.24. The van der Waals surface area contributed by atoms with Crippen LogP contribution in [0.4, 0.5) is 0 Å². The minimum absolute atomic E-state index is 0.158. The fraction of sp³-hybridized carbons (Fsp3) is 0.500. The van der Waals surface area contributed by atoms with Crippen LogP contribution in [0.15, 0.2) is 22.9 Å². The fourth-order valence-corrected chi connectivity index (χ4v) is 3.71. The van der Waals surface area contributed by atoms with E-state index in [0.29, 0.717) is 13.0 Å². The maximum atomic E-state index is 10.4. The molecule has 7 heteroatoms. The normalized spacial score (nSPS) is 21.4. The molecule has 0 radical (unpaired) electrons. The van der Waals surface area contributed by atoms with Crippen LogP contribution in [0.2, 0.25) is 0 Å². The second-order valence-electron chi connectivity index (χ2n) is 7.10. The second-order valence-corrected chi connectivity index (χ2v) is 7.10. The molecule has 0 unspecified atom stereocenters. The zero-order chi connectivity index (χ0) is 17.6. The average molecular weight is 341 g/mol. The van der Waals surface area contributed by atoms with E-state index in [0.717, 1.165) is 47.1 Å². The lowest BCUT2D eigenvalue weighted by Gasteiger charge is -2.14. The van der Waals surface area contributed by atoms with E-state index in [-0.39, 0.29) is 12.0 Å². The van der Waals surface area contributed by atoms with E-state index in [1.54, 1.807) is 0 Å². The van der Waals surface area contributed by atoms with Crippen LogP contribution in [0.25, 0.3) is 5.65 Å². The average Bonchev–Trinajstić information content (AvgIpc) is 3.22. The Morgan fingerprint density at radius 2 is 2.04 bits per heavy atom. The molecule has 25 heavy (non-hydrogen) atoms. The maximum Gasteiger partial charge on any atom is 0.159 e. The van der Waals surface area contributed by atoms with Crippen LogP contribution in [-0.2, 0) is 13.0 Å². The number of rotatable bonds is 4. The molecule has 1 saturated heterocycles. The fourth-order valence-electron chi connectivity index (χ4n) is 3.71. The number of likely N-dealkylation sites (tertiary alicyclic amines) is 1. The lowest BCUT2D eigenvalue weighted by molar-refractivity contribution is 0.137. The van der Waals surface area contributed by atoms with Crippen molar-refractivity contribution in [1.29, 1.82) is 0 Å². The monoisotopic (exact) mass is 341 g/mol. The molecule has 7 nitrogen and oxygen atoms in total. The van der Waals surface area contributed by atoms with Crippen molar-refractivity contribution in [3.05, 3.63) is 46.7 Å². The Bertz CT molecular complexity index is 900. The Hall–Kier alpha value is -2.25. The minimum atomic E-state index is -0.358. The van der Waals surface area contributed by atoms with Crippen LogP contribution >= 0.6 is 0 Å². The standard InChI is InChI=1S/C18H23N5O2/c1-11-4-13(3)23-18(20-11)15(7-19-23)9-22-8-14(17(24)10-22)6-16-5-12(2)21-25-16/h4-5,7,14,17,24H,6,8-10H2,1-3H3/t14-,17+/m1/s1. The first-order chi connectivity index (χ1) is 12.0. The van der Waals surface area contributed by atoms with Gasteiger partial charge in [-0.15, -0.1) is 0 Å². The number of nitrogens with zero attached hydrogens (tertiary/aromatic N) is 5. The zero-order valence-electron chi connectivity index (χ0n) is 14.8. The van der Waals surface area contributed by atoms with Crippen molar-refractivity contribution in [3.8, 4) is 0 Å². The van der Waals surface area contributed by atoms with Gasteiger partial charge in [0.25, 0.3) is 0 Å². The molecule has 3 aromatic heterocycles. The molecule has 1 fully saturated rings. The van der Waals surface area contributed by atoms with Crippen LogP contribution in [0, 0.1) is 26.7 Å². The van der Waals surface area contributed by atoms with Gasteiger partial charge < -0.3 is 9.63 Å². The highest BCUT2D eigenvalue weighted by Crippen LogP contribution is 2.24. The topological polar surface area (TPSA) is 79.7 Å². The third-order valence-electron chi connectivity index (χ3n) is 4.87. The molecule has 3 aromatic rings. The Morgan fingerprint density at radius 3 is 2.80 bits per heavy atom. The van der Waals surface area contributed by atoms with Crippen molar-refractivity contribution in [2.45, 2.75) is 39.8 Å². The Morgan fingerprint density at radius 1 is 1.20 bits per heavy atom. The van der Waals surface area contributed by atoms with E-state index in [9.17, 15) is 5.11 Å². The molecule has 132 valence electrons. The molecule has 0 aromatic carbocycles. The van der Waals surface area contributed by atoms with Crippen LogP contribution in [0.5, 0.6) is 0 Å². The number of β-amino-alcohol motifs (C(OH)–C–C–N with tert-alkyl or cyclic N) is 1. The molecule has 1 aliphatic rings. The smallest absolute Gasteiger partial charge is 0.159 e. The molecule has 0 saturated carbocycles. The number of hydrogen-bond acceptors (Lipinski definition) is 6. The summed E-state index contributed by atoms with van der Waals surface area (Å²) in [5.41, 5.74) is 4.94. The van der Waals surface area contributed by atoms with Gasteiger partial charge in [-0.25, -0.2) is 9.50 Å². The van der Waals surface area contributed by atoms with Gasteiger partial charge in [0.05, 0.1) is 18.0 Å². The van der Waals surface area contributed by atoms with Crippen molar-refractivity contribution < 1.29 is 9.63 Å². The van der Waals surface area contributed by atoms with E-state index in [4.69, 9.17) is 4.52 Å². The largest absolute Gasteiger partial charge is 0.391 e. The Kier molecular flexibility index (Phi) is 4.05. The summed E-state index contributed by atoms with van der Waals surface area (Å²) in [5.74, 6) is 0.998. The Labute approximate surface area is 146 Å². The summed E-state index contributed by atoms with van der Waals surface area (Å²) in [7, 11) is 0. The SMILES string of the molecule is Cc1cc(C[C@@H]2CN(Cc3cnn4c(C)cc(C)nc34)C[C@@H]2O)on1. The predicted octanol–water partition coefficient (Wildman–Crippen LogP) is 1.68. The van der Waals surface area contributed by atoms with E-state index in [1.165, 1.54) is 0 Å². The van der Waals surface area contributed by atoms with Gasteiger partial charge in [0.1, 0.15) is 5.76 Å². The van der Waals surface area contributed by atoms with Gasteiger partial charge in [0.15, 0.2) is 5.65 Å². The molecule has 1 aliphatic heterocycles. The van der Waals surface area contributed by atoms with Crippen LogP contribution in [-0.4, -0.2) is 49.0 Å². The molecule has 0 aliphatic carbocycles. The molecule has 4 heterocycles. The van der Waals surface area contributed by atoms with Gasteiger partial charge in [-0.2, -0.15) is 5.10 Å². The summed E-state index contributed by atoms with van der Waals surface area (Å²) < 4.78 is 7.18. The van der Waals surface area contributed by atoms with Crippen molar-refractivity contribution in [3.63, 3.8) is 0 Å². The third kappa shape index (κ3) is 3.17. The summed E-state index contributed by atoms with van der Waals surface area (Å²) in [5, 5.41) is 18.8. The molecule has 4 rings (SSSR count). The van der Waals surface area contributed by atoms with E-state index in [1.807, 2.05) is 43.6 Å². The minimum Gasteiger partial charge on any atom is -0.391 e. The summed E-state index contributed by atoms with van der Waals surface area (Å²) in [6.07, 6.45) is 2.24. The number of aromatic nitrogens is 4. The lowest BCUT2D eigenvalue weighted by Crippen LogP contribution is -2.21. The number of hydrogen-bond donors (Lipinski definition) is 1. The van der Waals surface area contributed by atoms with Crippen LogP contribution in [0.3, 0.4) is 0 Å². The summed E-state index contributed by atoms with van der Waals surface area (Å²) >= 11 is 0. The van der Waals surface area contributed by atoms with Gasteiger partial charge in [0.2, 0.25) is 0 Å². The number of aliphatic hydroxyl groups excluding tert-OH is 1.